The van der Waals surface area contributed by atoms with Gasteiger partial charge in [-0.05, 0) is 13.3 Å². The highest BCUT2D eigenvalue weighted by molar-refractivity contribution is 5.80. The molecule has 0 spiro atoms. The predicted octanol–water partition coefficient (Wildman–Crippen LogP) is 2.89. The first-order valence-electron chi connectivity index (χ1n) is 3.97. The topological polar surface area (TPSA) is 12.4 Å². The smallest absolute Gasteiger partial charge is 0.285 e. The molecule has 1 heterocycles. The van der Waals surface area contributed by atoms with E-state index < -0.39 is 11.7 Å². The fraction of sp³-hybridized carbons (Fsp3) is 0.444. The van der Waals surface area contributed by atoms with Crippen LogP contribution < -0.4 is 0 Å². The van der Waals surface area contributed by atoms with Gasteiger partial charge >= 0.3 is 6.18 Å². The molecule has 0 aromatic rings. The molecule has 1 aliphatic rings. The molecule has 0 amide bonds. The zero-order valence-corrected chi connectivity index (χ0v) is 7.17. The maximum absolute atomic E-state index is 12.2. The van der Waals surface area contributed by atoms with Crippen LogP contribution in [0, 0.1) is 0 Å². The second-order valence-electron chi connectivity index (χ2n) is 2.84. The minimum absolute atomic E-state index is 0.175. The molecule has 0 fully saturated rings. The molecule has 0 saturated heterocycles. The molecule has 0 N–H and O–H groups in total. The fourth-order valence-corrected chi connectivity index (χ4v) is 0.960. The second kappa shape index (κ2) is 3.77. The Bertz CT molecular complexity index is 261. The van der Waals surface area contributed by atoms with Crippen LogP contribution in [0.5, 0.6) is 0 Å². The summed E-state index contributed by atoms with van der Waals surface area (Å²) in [6.07, 6.45) is 1.52. The molecule has 1 unspecified atom stereocenters. The van der Waals surface area contributed by atoms with Gasteiger partial charge in [-0.3, -0.25) is 4.99 Å². The van der Waals surface area contributed by atoms with E-state index in [9.17, 15) is 13.2 Å². The van der Waals surface area contributed by atoms with Crippen molar-refractivity contribution < 1.29 is 13.2 Å². The van der Waals surface area contributed by atoms with Crippen LogP contribution >= 0.6 is 0 Å². The zero-order valence-electron chi connectivity index (χ0n) is 7.17. The highest BCUT2D eigenvalue weighted by Gasteiger charge is 2.32. The standard InChI is InChI=1S/C9H10F3N/c1-7-4-2-3-5-8(6-13-7)9(10,11)12/h2,4-7H,3H2,1H3/b4-2?,8-5+,13-6?. The van der Waals surface area contributed by atoms with Crippen LogP contribution in [-0.2, 0) is 0 Å². The summed E-state index contributed by atoms with van der Waals surface area (Å²) < 4.78 is 36.6. The molecule has 1 nitrogen and oxygen atoms in total. The number of hydrogen-bond acceptors (Lipinski definition) is 1. The van der Waals surface area contributed by atoms with Crippen molar-refractivity contribution in [1.29, 1.82) is 0 Å². The highest BCUT2D eigenvalue weighted by atomic mass is 19.4. The summed E-state index contributed by atoms with van der Waals surface area (Å²) in [7, 11) is 0. The molecule has 72 valence electrons. The van der Waals surface area contributed by atoms with Gasteiger partial charge in [0.2, 0.25) is 0 Å². The maximum atomic E-state index is 12.2. The molecular weight excluding hydrogens is 179 g/mol. The van der Waals surface area contributed by atoms with Gasteiger partial charge in [-0.1, -0.05) is 18.2 Å². The van der Waals surface area contributed by atoms with E-state index in [0.29, 0.717) is 6.42 Å². The van der Waals surface area contributed by atoms with Crippen LogP contribution in [0.4, 0.5) is 13.2 Å². The van der Waals surface area contributed by atoms with E-state index in [-0.39, 0.29) is 6.04 Å². The Balaban J connectivity index is 2.87. The zero-order chi connectivity index (χ0) is 9.90. The van der Waals surface area contributed by atoms with E-state index >= 15 is 0 Å². The Kier molecular flexibility index (Phi) is 2.90. The van der Waals surface area contributed by atoms with Gasteiger partial charge in [0.15, 0.2) is 0 Å². The lowest BCUT2D eigenvalue weighted by atomic mass is 10.1. The molecule has 0 aromatic heterocycles. The Morgan fingerprint density at radius 2 is 2.15 bits per heavy atom. The number of alkyl halides is 3. The minimum Gasteiger partial charge on any atom is -0.285 e. The molecule has 0 aliphatic carbocycles. The van der Waals surface area contributed by atoms with Crippen LogP contribution in [0.15, 0.2) is 28.8 Å². The van der Waals surface area contributed by atoms with Gasteiger partial charge in [0.25, 0.3) is 0 Å². The molecule has 1 atom stereocenters. The summed E-state index contributed by atoms with van der Waals surface area (Å²) >= 11 is 0. The van der Waals surface area contributed by atoms with E-state index in [1.807, 2.05) is 0 Å². The Morgan fingerprint density at radius 3 is 2.77 bits per heavy atom. The maximum Gasteiger partial charge on any atom is 0.417 e. The third-order valence-electron chi connectivity index (χ3n) is 1.66. The Morgan fingerprint density at radius 1 is 1.46 bits per heavy atom. The summed E-state index contributed by atoms with van der Waals surface area (Å²) in [6.45, 7) is 1.74. The van der Waals surface area contributed by atoms with Gasteiger partial charge in [-0.2, -0.15) is 13.2 Å². The van der Waals surface area contributed by atoms with Gasteiger partial charge < -0.3 is 0 Å². The lowest BCUT2D eigenvalue weighted by Gasteiger charge is -2.09. The van der Waals surface area contributed by atoms with E-state index in [4.69, 9.17) is 0 Å². The third kappa shape index (κ3) is 3.05. The molecule has 4 heteroatoms. The molecule has 0 saturated carbocycles. The third-order valence-corrected chi connectivity index (χ3v) is 1.66. The number of allylic oxidation sites excluding steroid dienone is 3. The molecule has 13 heavy (non-hydrogen) atoms. The van der Waals surface area contributed by atoms with E-state index in [1.165, 1.54) is 0 Å². The molecule has 0 radical (unpaired) electrons. The summed E-state index contributed by atoms with van der Waals surface area (Å²) in [5, 5.41) is 0. The van der Waals surface area contributed by atoms with Crippen molar-refractivity contribution in [1.82, 2.24) is 0 Å². The number of halogens is 3. The normalized spacial score (nSPS) is 27.7. The average molecular weight is 189 g/mol. The van der Waals surface area contributed by atoms with Gasteiger partial charge in [-0.15, -0.1) is 0 Å². The van der Waals surface area contributed by atoms with Crippen LogP contribution in [0.25, 0.3) is 0 Å². The Labute approximate surface area is 74.7 Å². The van der Waals surface area contributed by atoms with E-state index in [2.05, 4.69) is 4.99 Å². The summed E-state index contributed by atoms with van der Waals surface area (Å²) in [4.78, 5) is 3.73. The van der Waals surface area contributed by atoms with Crippen LogP contribution in [0.2, 0.25) is 0 Å². The SMILES string of the molecule is CC1C=CC/C=C(/C(F)(F)F)C=N1. The molecule has 0 aromatic carbocycles. The number of rotatable bonds is 0. The quantitative estimate of drug-likeness (QED) is 0.519. The predicted molar refractivity (Wildman–Crippen MR) is 45.8 cm³/mol. The first-order chi connectivity index (χ1) is 6.00. The lowest BCUT2D eigenvalue weighted by Crippen LogP contribution is -2.14. The van der Waals surface area contributed by atoms with Crippen LogP contribution in [0.3, 0.4) is 0 Å². The van der Waals surface area contributed by atoms with Crippen molar-refractivity contribution in [3.8, 4) is 0 Å². The summed E-state index contributed by atoms with van der Waals surface area (Å²) in [6, 6.07) is -0.175. The first-order valence-corrected chi connectivity index (χ1v) is 3.97. The summed E-state index contributed by atoms with van der Waals surface area (Å²) in [5.41, 5.74) is -0.663. The number of aliphatic imine (C=N–C) groups is 1. The lowest BCUT2D eigenvalue weighted by molar-refractivity contribution is -0.0858. The van der Waals surface area contributed by atoms with Gasteiger partial charge in [0, 0.05) is 6.21 Å². The van der Waals surface area contributed by atoms with Crippen molar-refractivity contribution in [3.63, 3.8) is 0 Å². The number of hydrogen-bond donors (Lipinski definition) is 0. The molecule has 1 aliphatic heterocycles. The second-order valence-corrected chi connectivity index (χ2v) is 2.84. The van der Waals surface area contributed by atoms with E-state index in [1.54, 1.807) is 19.1 Å². The largest absolute Gasteiger partial charge is 0.417 e. The van der Waals surface area contributed by atoms with Crippen molar-refractivity contribution >= 4 is 6.21 Å². The van der Waals surface area contributed by atoms with Gasteiger partial charge in [0.05, 0.1) is 11.6 Å². The van der Waals surface area contributed by atoms with Crippen LogP contribution in [-0.4, -0.2) is 18.4 Å². The molecule has 1 rings (SSSR count). The van der Waals surface area contributed by atoms with Crippen molar-refractivity contribution in [2.45, 2.75) is 25.6 Å². The summed E-state index contributed by atoms with van der Waals surface area (Å²) in [5.74, 6) is 0. The van der Waals surface area contributed by atoms with Crippen LogP contribution in [0.1, 0.15) is 13.3 Å². The molecular formula is C9H10F3N. The van der Waals surface area contributed by atoms with Crippen molar-refractivity contribution in [2.75, 3.05) is 0 Å². The van der Waals surface area contributed by atoms with E-state index in [0.717, 1.165) is 12.3 Å². The number of nitrogens with zero attached hydrogens (tertiary/aromatic N) is 1. The highest BCUT2D eigenvalue weighted by Crippen LogP contribution is 2.25. The monoisotopic (exact) mass is 189 g/mol. The van der Waals surface area contributed by atoms with Gasteiger partial charge in [0.1, 0.15) is 0 Å². The minimum atomic E-state index is -4.28. The Hall–Kier alpha value is -1.06. The van der Waals surface area contributed by atoms with Gasteiger partial charge in [-0.25, -0.2) is 0 Å². The van der Waals surface area contributed by atoms with Crippen molar-refractivity contribution in [2.24, 2.45) is 4.99 Å². The molecule has 0 bridgehead atoms. The van der Waals surface area contributed by atoms with Crippen molar-refractivity contribution in [3.05, 3.63) is 23.8 Å². The average Bonchev–Trinajstić information content (AvgIpc) is 1.94. The fourth-order valence-electron chi connectivity index (χ4n) is 0.960. The first kappa shape index (κ1) is 10.0.